The molecule has 4 nitrogen and oxygen atoms in total. The lowest BCUT2D eigenvalue weighted by Crippen LogP contribution is -2.33. The predicted molar refractivity (Wildman–Crippen MR) is 46.0 cm³/mol. The predicted octanol–water partition coefficient (Wildman–Crippen LogP) is 1.05. The summed E-state index contributed by atoms with van der Waals surface area (Å²) in [7, 11) is 0. The summed E-state index contributed by atoms with van der Waals surface area (Å²) in [6.45, 7) is 3.91. The normalized spacial score (nSPS) is 22.1. The number of hydrogen-bond donors (Lipinski definition) is 1. The first-order chi connectivity index (χ1) is 6.50. The van der Waals surface area contributed by atoms with Crippen molar-refractivity contribution in [2.75, 3.05) is 6.54 Å². The van der Waals surface area contributed by atoms with Crippen LogP contribution in [0.3, 0.4) is 0 Å². The molecule has 6 heteroatoms. The van der Waals surface area contributed by atoms with Gasteiger partial charge in [-0.2, -0.15) is 8.78 Å². The van der Waals surface area contributed by atoms with Crippen LogP contribution >= 0.6 is 0 Å². The number of nitrogens with one attached hydrogen (secondary N) is 1. The molecule has 0 radical (unpaired) electrons. The summed E-state index contributed by atoms with van der Waals surface area (Å²) in [6.07, 6.45) is 0. The highest BCUT2D eigenvalue weighted by molar-refractivity contribution is 5.06. The summed E-state index contributed by atoms with van der Waals surface area (Å²) in [5, 5.41) is 10.5. The molecule has 0 aromatic carbocycles. The van der Waals surface area contributed by atoms with Crippen LogP contribution in [0.4, 0.5) is 8.78 Å². The molecule has 0 saturated carbocycles. The van der Waals surface area contributed by atoms with E-state index in [1.54, 1.807) is 0 Å². The zero-order valence-electron chi connectivity index (χ0n) is 8.09. The van der Waals surface area contributed by atoms with E-state index in [9.17, 15) is 8.78 Å². The molecule has 78 valence electrons. The van der Waals surface area contributed by atoms with Gasteiger partial charge in [-0.25, -0.2) is 0 Å². The van der Waals surface area contributed by atoms with Gasteiger partial charge in [-0.05, 0) is 6.92 Å². The summed E-state index contributed by atoms with van der Waals surface area (Å²) < 4.78 is 27.6. The van der Waals surface area contributed by atoms with Crippen molar-refractivity contribution < 1.29 is 8.78 Å². The number of halogens is 2. The lowest BCUT2D eigenvalue weighted by Gasteiger charge is -2.23. The van der Waals surface area contributed by atoms with Crippen LogP contribution in [0.15, 0.2) is 0 Å². The molecule has 0 spiro atoms. The first-order valence-corrected chi connectivity index (χ1v) is 4.55. The van der Waals surface area contributed by atoms with E-state index in [0.717, 1.165) is 6.92 Å². The van der Waals surface area contributed by atoms with Crippen molar-refractivity contribution in [1.82, 2.24) is 20.1 Å². The second kappa shape index (κ2) is 2.98. The molecule has 2 heterocycles. The number of nitrogens with zero attached hydrogens (tertiary/aromatic N) is 3. The number of alkyl halides is 2. The fraction of sp³-hybridized carbons (Fsp3) is 0.750. The van der Waals surface area contributed by atoms with E-state index in [1.165, 1.54) is 4.57 Å². The standard InChI is InChI=1S/C8H12F2N4/c1-5-6-12-13-7(8(2,9)10)14(6)4-3-11-5/h5,11H,3-4H2,1-2H3. The first kappa shape index (κ1) is 9.51. The van der Waals surface area contributed by atoms with Crippen LogP contribution in [0.25, 0.3) is 0 Å². The van der Waals surface area contributed by atoms with Crippen LogP contribution in [-0.4, -0.2) is 21.3 Å². The third-order valence-corrected chi connectivity index (χ3v) is 2.35. The molecule has 2 rings (SSSR count). The summed E-state index contributed by atoms with van der Waals surface area (Å²) in [6, 6.07) is -0.00708. The van der Waals surface area contributed by atoms with Gasteiger partial charge in [0.05, 0.1) is 6.04 Å². The Hall–Kier alpha value is -1.04. The quantitative estimate of drug-likeness (QED) is 0.740. The van der Waals surface area contributed by atoms with E-state index in [1.807, 2.05) is 6.92 Å². The molecule has 0 aliphatic carbocycles. The Balaban J connectivity index is 2.46. The molecule has 1 aromatic rings. The number of hydrogen-bond acceptors (Lipinski definition) is 3. The molecule has 0 amide bonds. The van der Waals surface area contributed by atoms with Gasteiger partial charge < -0.3 is 9.88 Å². The fourth-order valence-electron chi connectivity index (χ4n) is 1.66. The molecule has 0 fully saturated rings. The van der Waals surface area contributed by atoms with E-state index >= 15 is 0 Å². The molecular weight excluding hydrogens is 190 g/mol. The maximum atomic E-state index is 13.1. The zero-order valence-corrected chi connectivity index (χ0v) is 8.09. The van der Waals surface area contributed by atoms with Gasteiger partial charge in [0, 0.05) is 20.0 Å². The Morgan fingerprint density at radius 1 is 1.50 bits per heavy atom. The minimum atomic E-state index is -2.91. The number of fused-ring (bicyclic) bond motifs is 1. The highest BCUT2D eigenvalue weighted by Gasteiger charge is 2.34. The monoisotopic (exact) mass is 202 g/mol. The van der Waals surface area contributed by atoms with Gasteiger partial charge in [0.1, 0.15) is 5.82 Å². The second-order valence-electron chi connectivity index (χ2n) is 3.60. The average molecular weight is 202 g/mol. The van der Waals surface area contributed by atoms with Crippen LogP contribution in [0.5, 0.6) is 0 Å². The van der Waals surface area contributed by atoms with Crippen LogP contribution < -0.4 is 5.32 Å². The van der Waals surface area contributed by atoms with Gasteiger partial charge in [-0.3, -0.25) is 0 Å². The van der Waals surface area contributed by atoms with E-state index in [0.29, 0.717) is 18.9 Å². The number of rotatable bonds is 1. The van der Waals surface area contributed by atoms with E-state index < -0.39 is 5.92 Å². The Bertz CT molecular complexity index is 342. The van der Waals surface area contributed by atoms with Gasteiger partial charge in [-0.1, -0.05) is 0 Å². The molecule has 1 N–H and O–H groups in total. The molecule has 1 aliphatic rings. The SMILES string of the molecule is CC1NCCn2c1nnc2C(C)(F)F. The Morgan fingerprint density at radius 2 is 2.21 bits per heavy atom. The summed E-state index contributed by atoms with van der Waals surface area (Å²) in [4.78, 5) is 0. The summed E-state index contributed by atoms with van der Waals surface area (Å²) in [5.41, 5.74) is 0. The molecule has 1 atom stereocenters. The van der Waals surface area contributed by atoms with E-state index in [2.05, 4.69) is 15.5 Å². The van der Waals surface area contributed by atoms with Crippen molar-refractivity contribution in [2.45, 2.75) is 32.4 Å². The molecule has 1 unspecified atom stereocenters. The van der Waals surface area contributed by atoms with Crippen molar-refractivity contribution in [3.05, 3.63) is 11.6 Å². The lowest BCUT2D eigenvalue weighted by atomic mass is 10.2. The third-order valence-electron chi connectivity index (χ3n) is 2.35. The van der Waals surface area contributed by atoms with Crippen molar-refractivity contribution in [2.24, 2.45) is 0 Å². The van der Waals surface area contributed by atoms with E-state index in [4.69, 9.17) is 0 Å². The van der Waals surface area contributed by atoms with Crippen molar-refractivity contribution >= 4 is 0 Å². The fourth-order valence-corrected chi connectivity index (χ4v) is 1.66. The minimum Gasteiger partial charge on any atom is -0.307 e. The average Bonchev–Trinajstić information content (AvgIpc) is 2.47. The molecule has 1 aromatic heterocycles. The molecule has 14 heavy (non-hydrogen) atoms. The topological polar surface area (TPSA) is 42.7 Å². The van der Waals surface area contributed by atoms with Crippen LogP contribution in [0, 0.1) is 0 Å². The first-order valence-electron chi connectivity index (χ1n) is 4.55. The molecule has 1 aliphatic heterocycles. The van der Waals surface area contributed by atoms with E-state index in [-0.39, 0.29) is 11.9 Å². The van der Waals surface area contributed by atoms with Crippen molar-refractivity contribution in [3.8, 4) is 0 Å². The maximum absolute atomic E-state index is 13.1. The van der Waals surface area contributed by atoms with Gasteiger partial charge in [0.25, 0.3) is 0 Å². The van der Waals surface area contributed by atoms with Crippen molar-refractivity contribution in [1.29, 1.82) is 0 Å². The largest absolute Gasteiger partial charge is 0.307 e. The minimum absolute atomic E-state index is 0.00708. The van der Waals surface area contributed by atoms with Gasteiger partial charge in [0.15, 0.2) is 0 Å². The van der Waals surface area contributed by atoms with Crippen LogP contribution in [0.2, 0.25) is 0 Å². The smallest absolute Gasteiger partial charge is 0.304 e. The molecular formula is C8H12F2N4. The Labute approximate surface area is 80.3 Å². The second-order valence-corrected chi connectivity index (χ2v) is 3.60. The summed E-state index contributed by atoms with van der Waals surface area (Å²) in [5.74, 6) is -2.56. The Kier molecular flexibility index (Phi) is 2.02. The maximum Gasteiger partial charge on any atom is 0.304 e. The highest BCUT2D eigenvalue weighted by atomic mass is 19.3. The van der Waals surface area contributed by atoms with Gasteiger partial charge in [-0.15, -0.1) is 10.2 Å². The van der Waals surface area contributed by atoms with Crippen molar-refractivity contribution in [3.63, 3.8) is 0 Å². The van der Waals surface area contributed by atoms with Gasteiger partial charge in [0.2, 0.25) is 5.82 Å². The van der Waals surface area contributed by atoms with Crippen LogP contribution in [0.1, 0.15) is 31.5 Å². The van der Waals surface area contributed by atoms with Crippen LogP contribution in [-0.2, 0) is 12.5 Å². The zero-order chi connectivity index (χ0) is 10.3. The highest BCUT2D eigenvalue weighted by Crippen LogP contribution is 2.28. The summed E-state index contributed by atoms with van der Waals surface area (Å²) >= 11 is 0. The molecule has 0 bridgehead atoms. The lowest BCUT2D eigenvalue weighted by molar-refractivity contribution is 0.00306. The molecule has 0 saturated heterocycles. The number of aromatic nitrogens is 3. The third kappa shape index (κ3) is 1.39. The van der Waals surface area contributed by atoms with Gasteiger partial charge >= 0.3 is 5.92 Å². The Morgan fingerprint density at radius 3 is 2.86 bits per heavy atom.